The van der Waals surface area contributed by atoms with Crippen LogP contribution in [0.4, 0.5) is 0 Å². The van der Waals surface area contributed by atoms with Gasteiger partial charge in [0.2, 0.25) is 0 Å². The SMILES string of the molecule is CC(=O)OC[C@]12CCC(C)=C[C@H]1O[C@@H]1[C@H](O)[C@@H](OC(=O)CCl)[C@@]2(C)[C@]12CO2. The minimum absolute atomic E-state index is 0.104. The highest BCUT2D eigenvalue weighted by Crippen LogP contribution is 2.72. The van der Waals surface area contributed by atoms with E-state index in [1.165, 1.54) is 12.5 Å². The number of rotatable bonds is 4. The fourth-order valence-electron chi connectivity index (χ4n) is 5.59. The Morgan fingerprint density at radius 1 is 1.44 bits per heavy atom. The van der Waals surface area contributed by atoms with Crippen LogP contribution in [0, 0.1) is 10.8 Å². The van der Waals surface area contributed by atoms with Gasteiger partial charge >= 0.3 is 11.9 Å². The molecule has 150 valence electrons. The molecule has 2 heterocycles. The molecule has 2 aliphatic heterocycles. The van der Waals surface area contributed by atoms with E-state index in [2.05, 4.69) is 0 Å². The smallest absolute Gasteiger partial charge is 0.321 e. The largest absolute Gasteiger partial charge is 0.465 e. The van der Waals surface area contributed by atoms with Gasteiger partial charge in [-0.3, -0.25) is 9.59 Å². The van der Waals surface area contributed by atoms with Crippen molar-refractivity contribution in [3.63, 3.8) is 0 Å². The summed E-state index contributed by atoms with van der Waals surface area (Å²) in [5.41, 5.74) is -1.06. The van der Waals surface area contributed by atoms with Gasteiger partial charge in [-0.25, -0.2) is 0 Å². The van der Waals surface area contributed by atoms with Crippen LogP contribution in [0.5, 0.6) is 0 Å². The lowest BCUT2D eigenvalue weighted by Crippen LogP contribution is -2.66. The molecular formula is C19H25ClO7. The Hall–Kier alpha value is -1.15. The van der Waals surface area contributed by atoms with E-state index in [9.17, 15) is 14.7 Å². The van der Waals surface area contributed by atoms with Crippen LogP contribution in [0.3, 0.4) is 0 Å². The first kappa shape index (κ1) is 19.2. The maximum Gasteiger partial charge on any atom is 0.321 e. The topological polar surface area (TPSA) is 94.6 Å². The van der Waals surface area contributed by atoms with Gasteiger partial charge < -0.3 is 24.1 Å². The van der Waals surface area contributed by atoms with E-state index in [0.717, 1.165) is 6.42 Å². The summed E-state index contributed by atoms with van der Waals surface area (Å²) in [5, 5.41) is 11.0. The lowest BCUT2D eigenvalue weighted by Gasteiger charge is -2.58. The lowest BCUT2D eigenvalue weighted by atomic mass is 9.51. The number of esters is 2. The van der Waals surface area contributed by atoms with Crippen molar-refractivity contribution in [2.75, 3.05) is 19.1 Å². The van der Waals surface area contributed by atoms with Crippen LogP contribution >= 0.6 is 11.6 Å². The van der Waals surface area contributed by atoms with Crippen molar-refractivity contribution in [2.45, 2.75) is 63.6 Å². The second-order valence-electron chi connectivity index (χ2n) is 8.34. The van der Waals surface area contributed by atoms with Crippen molar-refractivity contribution in [3.05, 3.63) is 11.6 Å². The Morgan fingerprint density at radius 3 is 2.74 bits per heavy atom. The zero-order chi connectivity index (χ0) is 19.6. The first-order valence-corrected chi connectivity index (χ1v) is 9.79. The Labute approximate surface area is 162 Å². The Bertz CT molecular complexity index is 702. The monoisotopic (exact) mass is 400 g/mol. The van der Waals surface area contributed by atoms with E-state index in [1.54, 1.807) is 0 Å². The molecule has 2 bridgehead atoms. The summed E-state index contributed by atoms with van der Waals surface area (Å²) in [6, 6.07) is 0. The minimum Gasteiger partial charge on any atom is -0.465 e. The first-order valence-electron chi connectivity index (χ1n) is 9.25. The predicted octanol–water partition coefficient (Wildman–Crippen LogP) is 1.34. The number of carbonyl (C=O) groups excluding carboxylic acids is 2. The van der Waals surface area contributed by atoms with Gasteiger partial charge in [0.1, 0.15) is 36.4 Å². The summed E-state index contributed by atoms with van der Waals surface area (Å²) in [7, 11) is 0. The average Bonchev–Trinajstić information content (AvgIpc) is 3.41. The number of hydrogen-bond acceptors (Lipinski definition) is 7. The number of hydrogen-bond donors (Lipinski definition) is 1. The molecule has 0 aromatic carbocycles. The van der Waals surface area contributed by atoms with Crippen molar-refractivity contribution in [2.24, 2.45) is 10.8 Å². The summed E-state index contributed by atoms with van der Waals surface area (Å²) in [4.78, 5) is 23.6. The third-order valence-corrected chi connectivity index (χ3v) is 7.38. The summed E-state index contributed by atoms with van der Waals surface area (Å²) in [5.74, 6) is -1.30. The van der Waals surface area contributed by atoms with Gasteiger partial charge in [0.15, 0.2) is 0 Å². The van der Waals surface area contributed by atoms with Crippen LogP contribution in [0.25, 0.3) is 0 Å². The van der Waals surface area contributed by atoms with Gasteiger partial charge in [0.25, 0.3) is 0 Å². The molecule has 4 aliphatic rings. The summed E-state index contributed by atoms with van der Waals surface area (Å²) < 4.78 is 23.3. The zero-order valence-corrected chi connectivity index (χ0v) is 16.5. The van der Waals surface area contributed by atoms with Gasteiger partial charge in [0.05, 0.1) is 18.1 Å². The molecule has 0 aromatic heterocycles. The molecular weight excluding hydrogens is 376 g/mol. The van der Waals surface area contributed by atoms with Crippen molar-refractivity contribution in [1.29, 1.82) is 0 Å². The van der Waals surface area contributed by atoms with Crippen molar-refractivity contribution in [1.82, 2.24) is 0 Å². The van der Waals surface area contributed by atoms with Gasteiger partial charge in [-0.1, -0.05) is 18.6 Å². The molecule has 4 rings (SSSR count). The van der Waals surface area contributed by atoms with Crippen molar-refractivity contribution >= 4 is 23.5 Å². The van der Waals surface area contributed by atoms with Crippen molar-refractivity contribution < 1.29 is 33.6 Å². The molecule has 7 nitrogen and oxygen atoms in total. The third-order valence-electron chi connectivity index (χ3n) is 7.16. The number of epoxide rings is 1. The Balaban J connectivity index is 1.84. The Morgan fingerprint density at radius 2 is 2.15 bits per heavy atom. The molecule has 3 fully saturated rings. The lowest BCUT2D eigenvalue weighted by molar-refractivity contribution is -0.233. The number of ether oxygens (including phenoxy) is 4. The molecule has 7 atom stereocenters. The molecule has 0 amide bonds. The molecule has 2 saturated heterocycles. The number of aliphatic hydroxyl groups is 1. The summed E-state index contributed by atoms with van der Waals surface area (Å²) >= 11 is 5.65. The van der Waals surface area contributed by atoms with Crippen molar-refractivity contribution in [3.8, 4) is 0 Å². The normalized spacial score (nSPS) is 47.2. The van der Waals surface area contributed by atoms with Gasteiger partial charge in [-0.2, -0.15) is 0 Å². The predicted molar refractivity (Wildman–Crippen MR) is 94.1 cm³/mol. The molecule has 1 spiro atoms. The highest BCUT2D eigenvalue weighted by Gasteiger charge is 2.85. The summed E-state index contributed by atoms with van der Waals surface area (Å²) in [6.07, 6.45) is 0.610. The molecule has 1 N–H and O–H groups in total. The van der Waals surface area contributed by atoms with Crippen LogP contribution in [-0.4, -0.2) is 66.2 Å². The Kier molecular flexibility index (Phi) is 4.39. The van der Waals surface area contributed by atoms with Crippen LogP contribution in [0.15, 0.2) is 11.6 Å². The highest BCUT2D eigenvalue weighted by molar-refractivity contribution is 6.26. The van der Waals surface area contributed by atoms with Gasteiger partial charge in [0, 0.05) is 12.3 Å². The molecule has 0 aromatic rings. The fourth-order valence-corrected chi connectivity index (χ4v) is 5.65. The van der Waals surface area contributed by atoms with Crippen LogP contribution in [-0.2, 0) is 28.5 Å². The summed E-state index contributed by atoms with van der Waals surface area (Å²) in [6.45, 7) is 5.86. The van der Waals surface area contributed by atoms with Gasteiger partial charge in [-0.15, -0.1) is 11.6 Å². The van der Waals surface area contributed by atoms with E-state index in [-0.39, 0.29) is 18.6 Å². The number of aliphatic hydroxyl groups excluding tert-OH is 1. The van der Waals surface area contributed by atoms with E-state index in [4.69, 9.17) is 30.5 Å². The molecule has 8 heteroatoms. The van der Waals surface area contributed by atoms with Crippen LogP contribution in [0.2, 0.25) is 0 Å². The van der Waals surface area contributed by atoms with Crippen LogP contribution < -0.4 is 0 Å². The molecule has 27 heavy (non-hydrogen) atoms. The fraction of sp³-hybridized carbons (Fsp3) is 0.789. The van der Waals surface area contributed by atoms with E-state index in [1.807, 2.05) is 19.9 Å². The first-order chi connectivity index (χ1) is 12.7. The number of fused-ring (bicyclic) bond motifs is 2. The standard InChI is InChI=1S/C19H25ClO7/c1-10-4-5-18(8-24-11(2)21)12(6-10)26-16-14(23)15(27-13(22)7-20)17(18,3)19(16)9-25-19/h6,12,14-16,23H,4-5,7-9H2,1-3H3/t12-,14-,15-,16-,17-,18-,19+/m1/s1. The molecule has 0 radical (unpaired) electrons. The van der Waals surface area contributed by atoms with Gasteiger partial charge in [-0.05, 0) is 19.8 Å². The quantitative estimate of drug-likeness (QED) is 0.329. The highest BCUT2D eigenvalue weighted by atomic mass is 35.5. The third kappa shape index (κ3) is 2.38. The molecule has 2 aliphatic carbocycles. The second kappa shape index (κ2) is 6.17. The van der Waals surface area contributed by atoms with Crippen LogP contribution in [0.1, 0.15) is 33.6 Å². The number of halogens is 1. The zero-order valence-electron chi connectivity index (χ0n) is 15.7. The second-order valence-corrected chi connectivity index (χ2v) is 8.61. The van der Waals surface area contributed by atoms with E-state index >= 15 is 0 Å². The minimum atomic E-state index is -1.04. The maximum atomic E-state index is 12.0. The van der Waals surface area contributed by atoms with E-state index in [0.29, 0.717) is 13.0 Å². The molecule has 1 saturated carbocycles. The number of carbonyl (C=O) groups is 2. The maximum absolute atomic E-state index is 12.0. The number of alkyl halides is 1. The van der Waals surface area contributed by atoms with E-state index < -0.39 is 46.7 Å². The molecule has 0 unspecified atom stereocenters. The average molecular weight is 401 g/mol. The number of allylic oxidation sites excluding steroid dienone is 1.